The molecule has 0 fully saturated rings. The first-order valence-corrected chi connectivity index (χ1v) is 5.81. The van der Waals surface area contributed by atoms with Crippen LogP contribution in [0.3, 0.4) is 0 Å². The highest BCUT2D eigenvalue weighted by Gasteiger charge is 2.08. The average Bonchev–Trinajstić information content (AvgIpc) is 2.84. The van der Waals surface area contributed by atoms with Crippen LogP contribution in [0.25, 0.3) is 0 Å². The van der Waals surface area contributed by atoms with Gasteiger partial charge in [0.2, 0.25) is 0 Å². The minimum atomic E-state index is 0.264. The fourth-order valence-corrected chi connectivity index (χ4v) is 2.06. The number of aromatic nitrogens is 1. The minimum Gasteiger partial charge on any atom is -0.468 e. The number of aryl methyl sites for hydroxylation is 1. The molecule has 0 bridgehead atoms. The molecule has 2 aromatic heterocycles. The van der Waals surface area contributed by atoms with Crippen molar-refractivity contribution in [1.82, 2.24) is 10.3 Å². The second-order valence-electron chi connectivity index (χ2n) is 3.47. The van der Waals surface area contributed by atoms with Gasteiger partial charge in [-0.15, -0.1) is 11.3 Å². The van der Waals surface area contributed by atoms with Gasteiger partial charge in [0.1, 0.15) is 5.76 Å². The van der Waals surface area contributed by atoms with Gasteiger partial charge in [-0.3, -0.25) is 0 Å². The lowest BCUT2D eigenvalue weighted by Crippen LogP contribution is -2.17. The Bertz CT molecular complexity index is 408. The van der Waals surface area contributed by atoms with Gasteiger partial charge in [0.05, 0.1) is 23.5 Å². The monoisotopic (exact) mass is 222 g/mol. The van der Waals surface area contributed by atoms with Crippen LogP contribution < -0.4 is 5.32 Å². The first-order chi connectivity index (χ1) is 7.25. The van der Waals surface area contributed by atoms with Crippen molar-refractivity contribution in [2.24, 2.45) is 0 Å². The zero-order chi connectivity index (χ0) is 10.7. The van der Waals surface area contributed by atoms with E-state index in [9.17, 15) is 0 Å². The Hall–Kier alpha value is -1.13. The molecule has 0 amide bonds. The summed E-state index contributed by atoms with van der Waals surface area (Å²) < 4.78 is 5.24. The van der Waals surface area contributed by atoms with Gasteiger partial charge < -0.3 is 9.73 Å². The highest BCUT2D eigenvalue weighted by molar-refractivity contribution is 7.09. The summed E-state index contributed by atoms with van der Waals surface area (Å²) in [4.78, 5) is 4.44. The minimum absolute atomic E-state index is 0.264. The molecule has 0 aliphatic carbocycles. The predicted octanol–water partition coefficient (Wildman–Crippen LogP) is 2.90. The molecule has 3 nitrogen and oxygen atoms in total. The summed E-state index contributed by atoms with van der Waals surface area (Å²) >= 11 is 1.68. The Morgan fingerprint density at radius 3 is 3.07 bits per heavy atom. The number of rotatable bonds is 4. The van der Waals surface area contributed by atoms with Crippen LogP contribution in [0, 0.1) is 6.92 Å². The van der Waals surface area contributed by atoms with Crippen molar-refractivity contribution in [2.45, 2.75) is 26.4 Å². The van der Waals surface area contributed by atoms with Crippen molar-refractivity contribution in [3.8, 4) is 0 Å². The van der Waals surface area contributed by atoms with Crippen LogP contribution in [0.1, 0.15) is 29.4 Å². The molecule has 0 saturated carbocycles. The molecule has 0 spiro atoms. The topological polar surface area (TPSA) is 38.1 Å². The van der Waals surface area contributed by atoms with Gasteiger partial charge in [-0.25, -0.2) is 4.98 Å². The Balaban J connectivity index is 1.90. The van der Waals surface area contributed by atoms with Gasteiger partial charge in [0, 0.05) is 11.4 Å². The molecule has 1 N–H and O–H groups in total. The van der Waals surface area contributed by atoms with Crippen LogP contribution >= 0.6 is 11.3 Å². The Kier molecular flexibility index (Phi) is 3.18. The van der Waals surface area contributed by atoms with E-state index < -0.39 is 0 Å². The smallest absolute Gasteiger partial charge is 0.117 e. The van der Waals surface area contributed by atoms with Crippen molar-refractivity contribution >= 4 is 11.3 Å². The van der Waals surface area contributed by atoms with E-state index in [-0.39, 0.29) is 6.04 Å². The van der Waals surface area contributed by atoms with E-state index in [1.54, 1.807) is 17.6 Å². The third-order valence-corrected chi connectivity index (χ3v) is 3.03. The maximum atomic E-state index is 5.24. The summed E-state index contributed by atoms with van der Waals surface area (Å²) in [5.41, 5.74) is 1.10. The van der Waals surface area contributed by atoms with Crippen LogP contribution in [0.15, 0.2) is 28.2 Å². The molecule has 0 saturated heterocycles. The van der Waals surface area contributed by atoms with Crippen LogP contribution in [-0.2, 0) is 6.54 Å². The van der Waals surface area contributed by atoms with Gasteiger partial charge >= 0.3 is 0 Å². The largest absolute Gasteiger partial charge is 0.468 e. The quantitative estimate of drug-likeness (QED) is 0.864. The average molecular weight is 222 g/mol. The second kappa shape index (κ2) is 4.59. The summed E-state index contributed by atoms with van der Waals surface area (Å²) in [7, 11) is 0. The lowest BCUT2D eigenvalue weighted by molar-refractivity contribution is 0.458. The van der Waals surface area contributed by atoms with Gasteiger partial charge in [-0.05, 0) is 26.0 Å². The maximum absolute atomic E-state index is 5.24. The number of nitrogens with one attached hydrogen (secondary N) is 1. The zero-order valence-corrected chi connectivity index (χ0v) is 9.67. The summed E-state index contributed by atoms with van der Waals surface area (Å²) in [6, 6.07) is 4.13. The van der Waals surface area contributed by atoms with Crippen LogP contribution in [-0.4, -0.2) is 4.98 Å². The standard InChI is InChI=1S/C11H14N2OS/c1-8(11-7-15-9(2)13-11)12-6-10-4-3-5-14-10/h3-5,7-8,12H,6H2,1-2H3. The summed E-state index contributed by atoms with van der Waals surface area (Å²) in [6.07, 6.45) is 1.69. The second-order valence-corrected chi connectivity index (χ2v) is 4.54. The number of thiazole rings is 1. The van der Waals surface area contributed by atoms with Crippen LogP contribution in [0.2, 0.25) is 0 Å². The number of hydrogen-bond donors (Lipinski definition) is 1. The lowest BCUT2D eigenvalue weighted by Gasteiger charge is -2.09. The van der Waals surface area contributed by atoms with Crippen molar-refractivity contribution in [3.63, 3.8) is 0 Å². The molecule has 1 atom stereocenters. The fraction of sp³-hybridized carbons (Fsp3) is 0.364. The number of nitrogens with zero attached hydrogens (tertiary/aromatic N) is 1. The van der Waals surface area contributed by atoms with Crippen molar-refractivity contribution in [2.75, 3.05) is 0 Å². The SMILES string of the molecule is Cc1nc(C(C)NCc2ccco2)cs1. The van der Waals surface area contributed by atoms with E-state index in [0.29, 0.717) is 0 Å². The van der Waals surface area contributed by atoms with Crippen LogP contribution in [0.5, 0.6) is 0 Å². The Morgan fingerprint density at radius 2 is 2.47 bits per heavy atom. The molecule has 2 aromatic rings. The molecule has 4 heteroatoms. The van der Waals surface area contributed by atoms with Gasteiger partial charge in [0.15, 0.2) is 0 Å². The summed E-state index contributed by atoms with van der Waals surface area (Å²) in [6.45, 7) is 4.87. The first-order valence-electron chi connectivity index (χ1n) is 4.93. The van der Waals surface area contributed by atoms with E-state index >= 15 is 0 Å². The maximum Gasteiger partial charge on any atom is 0.117 e. The van der Waals surface area contributed by atoms with Crippen molar-refractivity contribution in [3.05, 3.63) is 40.2 Å². The first kappa shape index (κ1) is 10.4. The molecular formula is C11H14N2OS. The highest BCUT2D eigenvalue weighted by atomic mass is 32.1. The molecule has 2 rings (SSSR count). The molecule has 0 radical (unpaired) electrons. The molecule has 80 valence electrons. The van der Waals surface area contributed by atoms with E-state index in [1.807, 2.05) is 19.1 Å². The molecule has 0 aromatic carbocycles. The Labute approximate surface area is 93.2 Å². The lowest BCUT2D eigenvalue weighted by atomic mass is 10.2. The third kappa shape index (κ3) is 2.67. The highest BCUT2D eigenvalue weighted by Crippen LogP contribution is 2.16. The van der Waals surface area contributed by atoms with Crippen molar-refractivity contribution in [1.29, 1.82) is 0 Å². The number of hydrogen-bond acceptors (Lipinski definition) is 4. The fourth-order valence-electron chi connectivity index (χ4n) is 1.35. The van der Waals surface area contributed by atoms with E-state index in [4.69, 9.17) is 4.42 Å². The molecule has 0 aliphatic rings. The molecule has 0 aliphatic heterocycles. The van der Waals surface area contributed by atoms with Crippen molar-refractivity contribution < 1.29 is 4.42 Å². The third-order valence-electron chi connectivity index (χ3n) is 2.24. The number of furan rings is 1. The molecule has 15 heavy (non-hydrogen) atoms. The van der Waals surface area contributed by atoms with Gasteiger partial charge in [-0.1, -0.05) is 0 Å². The van der Waals surface area contributed by atoms with E-state index in [0.717, 1.165) is 23.0 Å². The van der Waals surface area contributed by atoms with E-state index in [1.165, 1.54) is 0 Å². The molecular weight excluding hydrogens is 208 g/mol. The van der Waals surface area contributed by atoms with E-state index in [2.05, 4.69) is 22.6 Å². The predicted molar refractivity (Wildman–Crippen MR) is 60.8 cm³/mol. The van der Waals surface area contributed by atoms with Gasteiger partial charge in [0.25, 0.3) is 0 Å². The molecule has 1 unspecified atom stereocenters. The molecule has 2 heterocycles. The summed E-state index contributed by atoms with van der Waals surface area (Å²) in [5, 5.41) is 6.57. The Morgan fingerprint density at radius 1 is 1.60 bits per heavy atom. The normalized spacial score (nSPS) is 12.9. The zero-order valence-electron chi connectivity index (χ0n) is 8.86. The van der Waals surface area contributed by atoms with Gasteiger partial charge in [-0.2, -0.15) is 0 Å². The summed E-state index contributed by atoms with van der Waals surface area (Å²) in [5.74, 6) is 0.953. The van der Waals surface area contributed by atoms with Crippen LogP contribution in [0.4, 0.5) is 0 Å².